The Balaban J connectivity index is 2.28. The van der Waals surface area contributed by atoms with Crippen LogP contribution in [0, 0.1) is 9.39 Å². The van der Waals surface area contributed by atoms with Crippen LogP contribution in [-0.2, 0) is 6.42 Å². The average Bonchev–Trinajstić information content (AvgIpc) is 2.30. The molecule has 0 aliphatic rings. The Hall–Kier alpha value is -0.270. The van der Waals surface area contributed by atoms with Gasteiger partial charge in [0.25, 0.3) is 0 Å². The van der Waals surface area contributed by atoms with E-state index in [1.165, 1.54) is 12.1 Å². The van der Waals surface area contributed by atoms with Crippen molar-refractivity contribution in [3.05, 3.63) is 65.9 Å². The second-order valence-electron chi connectivity index (χ2n) is 4.00. The molecule has 0 aliphatic heterocycles. The molecule has 0 radical (unpaired) electrons. The Morgan fingerprint density at radius 2 is 1.84 bits per heavy atom. The SMILES string of the molecule is O=C(Cc1cc(F)cc(Br)c1)c1cc(Br)ccc1I. The molecule has 0 N–H and O–H groups in total. The first-order valence-electron chi connectivity index (χ1n) is 5.39. The molecule has 98 valence electrons. The molecular weight excluding hydrogens is 490 g/mol. The molecule has 0 aliphatic carbocycles. The Kier molecular flexibility index (Phi) is 5.14. The highest BCUT2D eigenvalue weighted by atomic mass is 127. The third-order valence-corrected chi connectivity index (χ3v) is 4.41. The topological polar surface area (TPSA) is 17.1 Å². The smallest absolute Gasteiger partial charge is 0.168 e. The monoisotopic (exact) mass is 496 g/mol. The molecular formula is C14H8Br2FIO. The lowest BCUT2D eigenvalue weighted by Crippen LogP contribution is -2.06. The number of hydrogen-bond acceptors (Lipinski definition) is 1. The van der Waals surface area contributed by atoms with Crippen LogP contribution in [0.15, 0.2) is 45.3 Å². The number of hydrogen-bond donors (Lipinski definition) is 0. The second kappa shape index (κ2) is 6.45. The predicted molar refractivity (Wildman–Crippen MR) is 89.0 cm³/mol. The van der Waals surface area contributed by atoms with E-state index in [9.17, 15) is 9.18 Å². The maximum absolute atomic E-state index is 13.3. The van der Waals surface area contributed by atoms with Gasteiger partial charge in [0.2, 0.25) is 0 Å². The summed E-state index contributed by atoms with van der Waals surface area (Å²) in [5.41, 5.74) is 1.31. The van der Waals surface area contributed by atoms with E-state index in [1.807, 2.05) is 12.1 Å². The maximum atomic E-state index is 13.3. The number of halogens is 4. The summed E-state index contributed by atoms with van der Waals surface area (Å²) in [5, 5.41) is 0. The number of carbonyl (C=O) groups excluding carboxylic acids is 1. The van der Waals surface area contributed by atoms with Crippen molar-refractivity contribution in [3.63, 3.8) is 0 Å². The van der Waals surface area contributed by atoms with Crippen molar-refractivity contribution in [2.24, 2.45) is 0 Å². The van der Waals surface area contributed by atoms with Gasteiger partial charge < -0.3 is 0 Å². The molecule has 5 heteroatoms. The molecule has 19 heavy (non-hydrogen) atoms. The van der Waals surface area contributed by atoms with Crippen LogP contribution in [-0.4, -0.2) is 5.78 Å². The van der Waals surface area contributed by atoms with Crippen LogP contribution in [0.2, 0.25) is 0 Å². The fourth-order valence-corrected chi connectivity index (χ4v) is 3.21. The Morgan fingerprint density at radius 1 is 1.11 bits per heavy atom. The van der Waals surface area contributed by atoms with Crippen molar-refractivity contribution < 1.29 is 9.18 Å². The van der Waals surface area contributed by atoms with E-state index < -0.39 is 0 Å². The van der Waals surface area contributed by atoms with E-state index >= 15 is 0 Å². The first kappa shape index (κ1) is 15.1. The van der Waals surface area contributed by atoms with Gasteiger partial charge in [-0.15, -0.1) is 0 Å². The first-order chi connectivity index (χ1) is 8.95. The molecule has 1 nitrogen and oxygen atoms in total. The highest BCUT2D eigenvalue weighted by molar-refractivity contribution is 14.1. The zero-order valence-corrected chi connectivity index (χ0v) is 14.9. The highest BCUT2D eigenvalue weighted by Crippen LogP contribution is 2.21. The third-order valence-electron chi connectivity index (χ3n) is 2.52. The summed E-state index contributed by atoms with van der Waals surface area (Å²) in [5.74, 6) is -0.371. The number of benzene rings is 2. The summed E-state index contributed by atoms with van der Waals surface area (Å²) in [7, 11) is 0. The van der Waals surface area contributed by atoms with Crippen LogP contribution >= 0.6 is 54.5 Å². The van der Waals surface area contributed by atoms with Gasteiger partial charge in [-0.05, 0) is 64.6 Å². The normalized spacial score (nSPS) is 10.5. The van der Waals surface area contributed by atoms with E-state index in [0.717, 1.165) is 8.04 Å². The second-order valence-corrected chi connectivity index (χ2v) is 7.00. The quantitative estimate of drug-likeness (QED) is 0.411. The third kappa shape index (κ3) is 4.10. The van der Waals surface area contributed by atoms with Crippen molar-refractivity contribution in [1.82, 2.24) is 0 Å². The number of carbonyl (C=O) groups is 1. The Morgan fingerprint density at radius 3 is 2.53 bits per heavy atom. The van der Waals surface area contributed by atoms with Crippen LogP contribution in [0.25, 0.3) is 0 Å². The summed E-state index contributed by atoms with van der Waals surface area (Å²) >= 11 is 8.70. The van der Waals surface area contributed by atoms with Gasteiger partial charge in [-0.3, -0.25) is 4.79 Å². The van der Waals surface area contributed by atoms with E-state index in [1.54, 1.807) is 12.1 Å². The van der Waals surface area contributed by atoms with Gasteiger partial charge in [-0.2, -0.15) is 0 Å². The van der Waals surface area contributed by atoms with Gasteiger partial charge >= 0.3 is 0 Å². The van der Waals surface area contributed by atoms with Gasteiger partial charge in [-0.25, -0.2) is 4.39 Å². The number of ketones is 1. The molecule has 0 unspecified atom stereocenters. The highest BCUT2D eigenvalue weighted by Gasteiger charge is 2.12. The van der Waals surface area contributed by atoms with Gasteiger partial charge in [0.1, 0.15) is 5.82 Å². The van der Waals surface area contributed by atoms with Crippen LogP contribution in [0.3, 0.4) is 0 Å². The van der Waals surface area contributed by atoms with E-state index in [0.29, 0.717) is 15.6 Å². The lowest BCUT2D eigenvalue weighted by molar-refractivity contribution is 0.0992. The molecule has 0 heterocycles. The summed E-state index contributed by atoms with van der Waals surface area (Å²) in [6.07, 6.45) is 0.183. The summed E-state index contributed by atoms with van der Waals surface area (Å²) in [6, 6.07) is 10.1. The van der Waals surface area contributed by atoms with E-state index in [4.69, 9.17) is 0 Å². The van der Waals surface area contributed by atoms with Gasteiger partial charge in [0.05, 0.1) is 0 Å². The zero-order valence-electron chi connectivity index (χ0n) is 9.59. The Labute approximate surface area is 141 Å². The van der Waals surface area contributed by atoms with Crippen LogP contribution in [0.5, 0.6) is 0 Å². The lowest BCUT2D eigenvalue weighted by Gasteiger charge is -2.06. The number of Topliss-reactive ketones (excluding diaryl/α,β-unsaturated/α-hetero) is 1. The summed E-state index contributed by atoms with van der Waals surface area (Å²) in [6.45, 7) is 0. The largest absolute Gasteiger partial charge is 0.294 e. The molecule has 0 atom stereocenters. The minimum Gasteiger partial charge on any atom is -0.294 e. The zero-order chi connectivity index (χ0) is 14.0. The first-order valence-corrected chi connectivity index (χ1v) is 8.05. The summed E-state index contributed by atoms with van der Waals surface area (Å²) in [4.78, 5) is 12.2. The predicted octanol–water partition coefficient (Wildman–Crippen LogP) is 5.38. The summed E-state index contributed by atoms with van der Waals surface area (Å²) < 4.78 is 15.7. The fourth-order valence-electron chi connectivity index (χ4n) is 1.70. The minimum absolute atomic E-state index is 0.0248. The molecule has 2 aromatic rings. The molecule has 0 bridgehead atoms. The van der Waals surface area contributed by atoms with Crippen molar-refractivity contribution in [1.29, 1.82) is 0 Å². The Bertz CT molecular complexity index is 623. The molecule has 0 saturated carbocycles. The average molecular weight is 498 g/mol. The molecule has 0 saturated heterocycles. The van der Waals surface area contributed by atoms with Gasteiger partial charge in [0, 0.05) is 24.5 Å². The molecule has 2 aromatic carbocycles. The van der Waals surface area contributed by atoms with Crippen LogP contribution < -0.4 is 0 Å². The molecule has 0 spiro atoms. The molecule has 0 amide bonds. The molecule has 2 rings (SSSR count). The van der Waals surface area contributed by atoms with Crippen molar-refractivity contribution in [2.75, 3.05) is 0 Å². The van der Waals surface area contributed by atoms with Crippen LogP contribution in [0.4, 0.5) is 4.39 Å². The van der Waals surface area contributed by atoms with Crippen molar-refractivity contribution in [2.45, 2.75) is 6.42 Å². The van der Waals surface area contributed by atoms with E-state index in [2.05, 4.69) is 54.5 Å². The van der Waals surface area contributed by atoms with Crippen molar-refractivity contribution >= 4 is 60.2 Å². The standard InChI is InChI=1S/C14H8Br2FIO/c15-9-1-2-13(18)12(7-9)14(19)5-8-3-10(16)6-11(17)4-8/h1-4,6-7H,5H2. The minimum atomic E-state index is -0.346. The van der Waals surface area contributed by atoms with Gasteiger partial charge in [-0.1, -0.05) is 31.9 Å². The molecule has 0 aromatic heterocycles. The van der Waals surface area contributed by atoms with Crippen molar-refractivity contribution in [3.8, 4) is 0 Å². The number of rotatable bonds is 3. The van der Waals surface area contributed by atoms with E-state index in [-0.39, 0.29) is 18.0 Å². The van der Waals surface area contributed by atoms with Gasteiger partial charge in [0.15, 0.2) is 5.78 Å². The maximum Gasteiger partial charge on any atom is 0.168 e. The lowest BCUT2D eigenvalue weighted by atomic mass is 10.0. The van der Waals surface area contributed by atoms with Crippen LogP contribution in [0.1, 0.15) is 15.9 Å². The fraction of sp³-hybridized carbons (Fsp3) is 0.0714. The molecule has 0 fully saturated rings.